The minimum atomic E-state index is -0.298. The van der Waals surface area contributed by atoms with Gasteiger partial charge >= 0.3 is 0 Å². The Morgan fingerprint density at radius 1 is 1.19 bits per heavy atom. The van der Waals surface area contributed by atoms with Gasteiger partial charge in [0.25, 0.3) is 5.91 Å². The van der Waals surface area contributed by atoms with Crippen molar-refractivity contribution < 1.29 is 9.53 Å². The molecule has 6 heteroatoms. The lowest BCUT2D eigenvalue weighted by Gasteiger charge is -2.10. The van der Waals surface area contributed by atoms with E-state index >= 15 is 0 Å². The third-order valence-electron chi connectivity index (χ3n) is 2.65. The van der Waals surface area contributed by atoms with Crippen LogP contribution in [-0.4, -0.2) is 17.5 Å². The smallest absolute Gasteiger partial charge is 0.262 e. The van der Waals surface area contributed by atoms with Crippen molar-refractivity contribution >= 4 is 40.4 Å². The van der Waals surface area contributed by atoms with E-state index in [1.165, 1.54) is 0 Å². The predicted octanol–water partition coefficient (Wildman–Crippen LogP) is 2.99. The van der Waals surface area contributed by atoms with E-state index in [1.807, 2.05) is 0 Å². The number of nitrogens with one attached hydrogen (secondary N) is 1. The third-order valence-corrected chi connectivity index (χ3v) is 3.12. The fourth-order valence-electron chi connectivity index (χ4n) is 1.67. The zero-order chi connectivity index (χ0) is 15.2. The van der Waals surface area contributed by atoms with Crippen molar-refractivity contribution in [3.63, 3.8) is 0 Å². The highest BCUT2D eigenvalue weighted by Gasteiger charge is 2.08. The van der Waals surface area contributed by atoms with Gasteiger partial charge in [-0.15, -0.1) is 0 Å². The van der Waals surface area contributed by atoms with Crippen LogP contribution >= 0.6 is 23.8 Å². The Morgan fingerprint density at radius 2 is 1.86 bits per heavy atom. The van der Waals surface area contributed by atoms with Crippen LogP contribution in [0.5, 0.6) is 5.75 Å². The first-order chi connectivity index (χ1) is 10.1. The standard InChI is InChI=1S/C15H13ClN2O2S/c16-10-5-7-11(8-6-10)20-9-14(19)18-13-4-2-1-3-12(13)15(17)21/h1-8H,9H2,(H2,17,21)(H,18,19). The Kier molecular flexibility index (Phi) is 5.14. The molecule has 0 saturated carbocycles. The van der Waals surface area contributed by atoms with E-state index < -0.39 is 0 Å². The van der Waals surface area contributed by atoms with E-state index in [4.69, 9.17) is 34.3 Å². The summed E-state index contributed by atoms with van der Waals surface area (Å²) >= 11 is 10.7. The van der Waals surface area contributed by atoms with Crippen molar-refractivity contribution in [1.82, 2.24) is 0 Å². The van der Waals surface area contributed by atoms with Gasteiger partial charge in [-0.2, -0.15) is 0 Å². The number of anilines is 1. The number of para-hydroxylation sites is 1. The van der Waals surface area contributed by atoms with Crippen molar-refractivity contribution in [1.29, 1.82) is 0 Å². The summed E-state index contributed by atoms with van der Waals surface area (Å²) in [4.78, 5) is 12.1. The first-order valence-corrected chi connectivity index (χ1v) is 6.92. The molecule has 0 heterocycles. The Bertz CT molecular complexity index is 659. The highest BCUT2D eigenvalue weighted by atomic mass is 35.5. The minimum Gasteiger partial charge on any atom is -0.484 e. The number of carbonyl (C=O) groups excluding carboxylic acids is 1. The van der Waals surface area contributed by atoms with Crippen molar-refractivity contribution in [3.05, 3.63) is 59.1 Å². The number of nitrogens with two attached hydrogens (primary N) is 1. The molecule has 0 aliphatic rings. The summed E-state index contributed by atoms with van der Waals surface area (Å²) in [5, 5.41) is 3.32. The number of halogens is 1. The molecule has 0 aromatic heterocycles. The molecule has 108 valence electrons. The molecule has 0 aliphatic heterocycles. The van der Waals surface area contributed by atoms with Crippen LogP contribution in [0, 0.1) is 0 Å². The SMILES string of the molecule is NC(=S)c1ccccc1NC(=O)COc1ccc(Cl)cc1. The van der Waals surface area contributed by atoms with Gasteiger partial charge in [-0.25, -0.2) is 0 Å². The quantitative estimate of drug-likeness (QED) is 0.831. The molecule has 0 aliphatic carbocycles. The number of carbonyl (C=O) groups is 1. The van der Waals surface area contributed by atoms with E-state index in [2.05, 4.69) is 5.32 Å². The molecular weight excluding hydrogens is 308 g/mol. The molecule has 3 N–H and O–H groups in total. The molecule has 2 aromatic carbocycles. The fourth-order valence-corrected chi connectivity index (χ4v) is 1.98. The molecule has 2 rings (SSSR count). The molecule has 4 nitrogen and oxygen atoms in total. The summed E-state index contributed by atoms with van der Waals surface area (Å²) in [6.45, 7) is -0.118. The summed E-state index contributed by atoms with van der Waals surface area (Å²) < 4.78 is 5.36. The number of amides is 1. The van der Waals surface area contributed by atoms with Crippen LogP contribution in [0.2, 0.25) is 5.02 Å². The second-order valence-electron chi connectivity index (χ2n) is 4.20. The van der Waals surface area contributed by atoms with Gasteiger partial charge in [-0.05, 0) is 36.4 Å². The Morgan fingerprint density at radius 3 is 2.52 bits per heavy atom. The maximum absolute atomic E-state index is 11.9. The van der Waals surface area contributed by atoms with Crippen LogP contribution in [0.4, 0.5) is 5.69 Å². The van der Waals surface area contributed by atoms with Gasteiger partial charge < -0.3 is 15.8 Å². The van der Waals surface area contributed by atoms with Crippen molar-refractivity contribution in [3.8, 4) is 5.75 Å². The fraction of sp³-hybridized carbons (Fsp3) is 0.0667. The van der Waals surface area contributed by atoms with Crippen LogP contribution < -0.4 is 15.8 Å². The molecule has 0 spiro atoms. The van der Waals surface area contributed by atoms with E-state index in [-0.39, 0.29) is 17.5 Å². The number of hydrogen-bond donors (Lipinski definition) is 2. The van der Waals surface area contributed by atoms with Gasteiger partial charge in [-0.1, -0.05) is 36.0 Å². The zero-order valence-corrected chi connectivity index (χ0v) is 12.6. The van der Waals surface area contributed by atoms with Gasteiger partial charge in [0.05, 0.1) is 5.69 Å². The molecule has 0 unspecified atom stereocenters. The lowest BCUT2D eigenvalue weighted by molar-refractivity contribution is -0.118. The van der Waals surface area contributed by atoms with Crippen LogP contribution in [0.3, 0.4) is 0 Å². The first-order valence-electron chi connectivity index (χ1n) is 6.13. The Labute approximate surface area is 132 Å². The second kappa shape index (κ2) is 7.06. The first kappa shape index (κ1) is 15.3. The normalized spacial score (nSPS) is 9.95. The van der Waals surface area contributed by atoms with Crippen LogP contribution in [0.25, 0.3) is 0 Å². The third kappa shape index (κ3) is 4.44. The van der Waals surface area contributed by atoms with Gasteiger partial charge in [0.1, 0.15) is 10.7 Å². The number of thiocarbonyl (C=S) groups is 1. The number of rotatable bonds is 5. The molecule has 0 atom stereocenters. The van der Waals surface area contributed by atoms with Crippen molar-refractivity contribution in [2.45, 2.75) is 0 Å². The zero-order valence-electron chi connectivity index (χ0n) is 11.0. The second-order valence-corrected chi connectivity index (χ2v) is 5.08. The van der Waals surface area contributed by atoms with Crippen molar-refractivity contribution in [2.75, 3.05) is 11.9 Å². The topological polar surface area (TPSA) is 64.3 Å². The molecule has 0 radical (unpaired) electrons. The molecule has 2 aromatic rings. The van der Waals surface area contributed by atoms with E-state index in [1.54, 1.807) is 48.5 Å². The van der Waals surface area contributed by atoms with Crippen LogP contribution in [-0.2, 0) is 4.79 Å². The van der Waals surface area contributed by atoms with E-state index in [0.717, 1.165) is 0 Å². The maximum Gasteiger partial charge on any atom is 0.262 e. The van der Waals surface area contributed by atoms with Gasteiger partial charge in [0, 0.05) is 10.6 Å². The lowest BCUT2D eigenvalue weighted by atomic mass is 10.2. The molecular formula is C15H13ClN2O2S. The Balaban J connectivity index is 1.96. The molecule has 1 amide bonds. The van der Waals surface area contributed by atoms with Crippen LogP contribution in [0.1, 0.15) is 5.56 Å². The predicted molar refractivity (Wildman–Crippen MR) is 87.9 cm³/mol. The lowest BCUT2D eigenvalue weighted by Crippen LogP contribution is -2.22. The highest BCUT2D eigenvalue weighted by Crippen LogP contribution is 2.17. The summed E-state index contributed by atoms with van der Waals surface area (Å²) in [7, 11) is 0. The summed E-state index contributed by atoms with van der Waals surface area (Å²) in [6, 6.07) is 13.8. The molecule has 0 bridgehead atoms. The summed E-state index contributed by atoms with van der Waals surface area (Å²) in [5.41, 5.74) is 6.79. The van der Waals surface area contributed by atoms with Gasteiger partial charge in [-0.3, -0.25) is 4.79 Å². The summed E-state index contributed by atoms with van der Waals surface area (Å²) in [5.74, 6) is 0.269. The van der Waals surface area contributed by atoms with E-state index in [0.29, 0.717) is 22.0 Å². The number of hydrogen-bond acceptors (Lipinski definition) is 3. The number of ether oxygens (including phenoxy) is 1. The monoisotopic (exact) mass is 320 g/mol. The highest BCUT2D eigenvalue weighted by molar-refractivity contribution is 7.80. The van der Waals surface area contributed by atoms with Crippen molar-refractivity contribution in [2.24, 2.45) is 5.73 Å². The molecule has 0 fully saturated rings. The average Bonchev–Trinajstić information content (AvgIpc) is 2.47. The molecule has 21 heavy (non-hydrogen) atoms. The number of benzene rings is 2. The minimum absolute atomic E-state index is 0.118. The largest absolute Gasteiger partial charge is 0.484 e. The van der Waals surface area contributed by atoms with Gasteiger partial charge in [0.15, 0.2) is 6.61 Å². The average molecular weight is 321 g/mol. The van der Waals surface area contributed by atoms with Crippen LogP contribution in [0.15, 0.2) is 48.5 Å². The maximum atomic E-state index is 11.9. The van der Waals surface area contributed by atoms with E-state index in [9.17, 15) is 4.79 Å². The molecule has 0 saturated heterocycles. The summed E-state index contributed by atoms with van der Waals surface area (Å²) in [6.07, 6.45) is 0. The Hall–Kier alpha value is -2.11. The van der Waals surface area contributed by atoms with Gasteiger partial charge in [0.2, 0.25) is 0 Å².